The molecule has 0 saturated carbocycles. The number of allylic oxidation sites excluding steroid dienone is 1. The first-order valence-corrected chi connectivity index (χ1v) is 15.2. The van der Waals surface area contributed by atoms with E-state index in [1.54, 1.807) is 38.2 Å². The number of phenolic OH excluding ortho intramolecular Hbond substituents is 1. The predicted molar refractivity (Wildman–Crippen MR) is 178 cm³/mol. The van der Waals surface area contributed by atoms with Gasteiger partial charge in [-0.3, -0.25) is 4.79 Å². The SMILES string of the molecule is CC.CC(C)(C)C.CCC/C(=C(\NNC)c1ccc(O)cc1)N(C(C)=O)C(=O)OC(C)c1ccccc1C.CCCC. The number of imide groups is 1. The van der Waals surface area contributed by atoms with Crippen LogP contribution in [-0.2, 0) is 9.53 Å². The molecule has 238 valence electrons. The molecule has 2 rings (SSSR count). The van der Waals surface area contributed by atoms with Crippen LogP contribution < -0.4 is 10.9 Å². The lowest BCUT2D eigenvalue weighted by Gasteiger charge is -2.27. The summed E-state index contributed by atoms with van der Waals surface area (Å²) in [5.74, 6) is -0.320. The Kier molecular flexibility index (Phi) is 21.7. The van der Waals surface area contributed by atoms with Crippen LogP contribution in [0.3, 0.4) is 0 Å². The second-order valence-corrected chi connectivity index (χ2v) is 11.2. The molecular weight excluding hydrogens is 526 g/mol. The van der Waals surface area contributed by atoms with Gasteiger partial charge in [0.05, 0.1) is 11.4 Å². The number of hydrogen-bond acceptors (Lipinski definition) is 6. The summed E-state index contributed by atoms with van der Waals surface area (Å²) in [4.78, 5) is 26.8. The van der Waals surface area contributed by atoms with Crippen LogP contribution in [-0.4, -0.2) is 29.1 Å². The van der Waals surface area contributed by atoms with Crippen molar-refractivity contribution >= 4 is 17.7 Å². The van der Waals surface area contributed by atoms with E-state index in [9.17, 15) is 14.7 Å². The number of benzene rings is 2. The van der Waals surface area contributed by atoms with E-state index >= 15 is 0 Å². The number of hydrazine groups is 1. The number of amides is 2. The number of hydrogen-bond donors (Lipinski definition) is 3. The van der Waals surface area contributed by atoms with E-state index in [-0.39, 0.29) is 5.75 Å². The second-order valence-electron chi connectivity index (χ2n) is 11.2. The molecule has 0 bridgehead atoms. The molecule has 2 aromatic carbocycles. The molecule has 0 aliphatic rings. The van der Waals surface area contributed by atoms with Gasteiger partial charge in [-0.25, -0.2) is 15.1 Å². The number of carbonyl (C=O) groups is 2. The highest BCUT2D eigenvalue weighted by Gasteiger charge is 2.29. The molecule has 7 heteroatoms. The topological polar surface area (TPSA) is 90.9 Å². The number of ether oxygens (including phenoxy) is 1. The third kappa shape index (κ3) is 16.8. The third-order valence-electron chi connectivity index (χ3n) is 5.35. The van der Waals surface area contributed by atoms with Crippen LogP contribution in [0.2, 0.25) is 0 Å². The summed E-state index contributed by atoms with van der Waals surface area (Å²) in [7, 11) is 1.70. The first-order chi connectivity index (χ1) is 19.7. The minimum absolute atomic E-state index is 0.125. The van der Waals surface area contributed by atoms with E-state index in [1.807, 2.05) is 52.0 Å². The molecule has 0 spiro atoms. The largest absolute Gasteiger partial charge is 0.508 e. The first kappa shape index (κ1) is 40.8. The first-order valence-electron chi connectivity index (χ1n) is 15.2. The maximum atomic E-state index is 13.2. The highest BCUT2D eigenvalue weighted by Crippen LogP contribution is 2.27. The summed E-state index contributed by atoms with van der Waals surface area (Å²) in [6.45, 7) is 24.1. The summed E-state index contributed by atoms with van der Waals surface area (Å²) < 4.78 is 5.70. The molecule has 2 amide bonds. The molecule has 1 atom stereocenters. The maximum Gasteiger partial charge on any atom is 0.421 e. The zero-order valence-corrected chi connectivity index (χ0v) is 28.6. The van der Waals surface area contributed by atoms with E-state index in [2.05, 4.69) is 52.4 Å². The fourth-order valence-electron chi connectivity index (χ4n) is 3.39. The zero-order chi connectivity index (χ0) is 32.9. The van der Waals surface area contributed by atoms with Crippen LogP contribution in [0.5, 0.6) is 5.75 Å². The number of unbranched alkanes of at least 4 members (excludes halogenated alkanes) is 1. The van der Waals surface area contributed by atoms with Gasteiger partial charge < -0.3 is 15.3 Å². The van der Waals surface area contributed by atoms with Crippen LogP contribution in [0.15, 0.2) is 54.2 Å². The highest BCUT2D eigenvalue weighted by molar-refractivity contribution is 5.94. The number of carbonyl (C=O) groups excluding carboxylic acids is 2. The van der Waals surface area contributed by atoms with Gasteiger partial charge in [0.25, 0.3) is 0 Å². The van der Waals surface area contributed by atoms with Crippen molar-refractivity contribution in [2.45, 2.75) is 115 Å². The zero-order valence-electron chi connectivity index (χ0n) is 28.6. The second kappa shape index (κ2) is 22.3. The van der Waals surface area contributed by atoms with Crippen LogP contribution in [0.1, 0.15) is 125 Å². The Balaban J connectivity index is 0. The minimum Gasteiger partial charge on any atom is -0.508 e. The Morgan fingerprint density at radius 3 is 1.83 bits per heavy atom. The van der Waals surface area contributed by atoms with Gasteiger partial charge >= 0.3 is 6.09 Å². The van der Waals surface area contributed by atoms with Crippen molar-refractivity contribution in [3.8, 4) is 5.75 Å². The predicted octanol–water partition coefficient (Wildman–Crippen LogP) is 9.52. The van der Waals surface area contributed by atoms with Crippen molar-refractivity contribution in [1.29, 1.82) is 0 Å². The molecule has 42 heavy (non-hydrogen) atoms. The van der Waals surface area contributed by atoms with Gasteiger partial charge in [-0.05, 0) is 61.1 Å². The molecule has 0 aliphatic heterocycles. The quantitative estimate of drug-likeness (QED) is 0.254. The minimum atomic E-state index is -0.735. The van der Waals surface area contributed by atoms with E-state index < -0.39 is 18.1 Å². The smallest absolute Gasteiger partial charge is 0.421 e. The van der Waals surface area contributed by atoms with Crippen molar-refractivity contribution in [3.63, 3.8) is 0 Å². The van der Waals surface area contributed by atoms with E-state index in [0.29, 0.717) is 35.2 Å². The van der Waals surface area contributed by atoms with Crippen molar-refractivity contribution in [2.75, 3.05) is 7.05 Å². The summed E-state index contributed by atoms with van der Waals surface area (Å²) in [6, 6.07) is 14.2. The van der Waals surface area contributed by atoms with Gasteiger partial charge in [-0.1, -0.05) is 106 Å². The van der Waals surface area contributed by atoms with E-state index in [0.717, 1.165) is 16.0 Å². The molecule has 0 aliphatic carbocycles. The Morgan fingerprint density at radius 2 is 1.43 bits per heavy atom. The summed E-state index contributed by atoms with van der Waals surface area (Å²) in [5, 5.41) is 9.63. The average Bonchev–Trinajstić information content (AvgIpc) is 2.92. The molecule has 7 nitrogen and oxygen atoms in total. The van der Waals surface area contributed by atoms with Gasteiger partial charge in [-0.15, -0.1) is 0 Å². The van der Waals surface area contributed by atoms with Gasteiger partial charge in [0.1, 0.15) is 11.9 Å². The standard InChI is InChI=1S/C24H31N3O4.C5H12.C4H10.C2H6/c1-6-9-22(23(26-25-5)19-12-14-20(29)15-13-19)27(18(4)28)24(30)31-17(3)21-11-8-7-10-16(21)2;1-5(2,3)4;1-3-4-2;1-2/h7-8,10-15,17,25-26,29H,6,9H2,1-5H3;1-4H3;3-4H2,1-2H3;1-2H3/b23-22+;;;. The number of nitrogens with zero attached hydrogens (tertiary/aromatic N) is 1. The maximum absolute atomic E-state index is 13.2. The normalized spacial score (nSPS) is 11.5. The van der Waals surface area contributed by atoms with Crippen LogP contribution in [0.4, 0.5) is 4.79 Å². The summed E-state index contributed by atoms with van der Waals surface area (Å²) in [6.07, 6.45) is 2.54. The average molecular weight is 586 g/mol. The van der Waals surface area contributed by atoms with Crippen molar-refractivity contribution < 1.29 is 19.4 Å². The van der Waals surface area contributed by atoms with E-state index in [4.69, 9.17) is 4.74 Å². The molecule has 0 fully saturated rings. The third-order valence-corrected chi connectivity index (χ3v) is 5.35. The van der Waals surface area contributed by atoms with Crippen molar-refractivity contribution in [3.05, 3.63) is 70.9 Å². The number of rotatable bonds is 9. The Morgan fingerprint density at radius 1 is 0.929 bits per heavy atom. The molecule has 0 saturated heterocycles. The van der Waals surface area contributed by atoms with E-state index in [1.165, 1.54) is 19.8 Å². The van der Waals surface area contributed by atoms with Gasteiger partial charge in [0.15, 0.2) is 0 Å². The lowest BCUT2D eigenvalue weighted by atomic mass is 10.0. The van der Waals surface area contributed by atoms with Gasteiger partial charge in [-0.2, -0.15) is 0 Å². The van der Waals surface area contributed by atoms with Crippen LogP contribution in [0, 0.1) is 12.3 Å². The molecule has 2 aromatic rings. The Labute approximate surface area is 256 Å². The summed E-state index contributed by atoms with van der Waals surface area (Å²) in [5.41, 5.74) is 10.0. The highest BCUT2D eigenvalue weighted by atomic mass is 16.6. The van der Waals surface area contributed by atoms with Crippen LogP contribution >= 0.6 is 0 Å². The number of phenols is 1. The van der Waals surface area contributed by atoms with Crippen molar-refractivity contribution in [1.82, 2.24) is 15.8 Å². The molecule has 0 heterocycles. The van der Waals surface area contributed by atoms with Crippen LogP contribution in [0.25, 0.3) is 5.70 Å². The molecule has 0 radical (unpaired) electrons. The number of aryl methyl sites for hydroxylation is 1. The molecule has 3 N–H and O–H groups in total. The monoisotopic (exact) mass is 585 g/mol. The lowest BCUT2D eigenvalue weighted by Crippen LogP contribution is -2.39. The molecular formula is C35H59N3O4. The number of nitrogens with one attached hydrogen (secondary N) is 2. The molecule has 0 aromatic heterocycles. The lowest BCUT2D eigenvalue weighted by molar-refractivity contribution is -0.125. The number of aromatic hydroxyl groups is 1. The Bertz CT molecular complexity index is 1050. The van der Waals surface area contributed by atoms with Gasteiger partial charge in [0, 0.05) is 19.5 Å². The molecule has 1 unspecified atom stereocenters. The Hall–Kier alpha value is -3.32. The van der Waals surface area contributed by atoms with Crippen molar-refractivity contribution in [2.24, 2.45) is 5.41 Å². The fourth-order valence-corrected chi connectivity index (χ4v) is 3.39. The summed E-state index contributed by atoms with van der Waals surface area (Å²) >= 11 is 0. The van der Waals surface area contributed by atoms with Gasteiger partial charge in [0.2, 0.25) is 5.91 Å². The fraction of sp³-hybridized carbons (Fsp3) is 0.543.